The smallest absolute Gasteiger partial charge is 0.410 e. The summed E-state index contributed by atoms with van der Waals surface area (Å²) in [5.74, 6) is 1.76. The first kappa shape index (κ1) is 20.2. The average Bonchev–Trinajstić information content (AvgIpc) is 3.38. The highest BCUT2D eigenvalue weighted by Gasteiger charge is 2.36. The van der Waals surface area contributed by atoms with Crippen LogP contribution in [0.2, 0.25) is 0 Å². The number of cyclic esters (lactones) is 1. The number of aryl methyl sites for hydroxylation is 1. The van der Waals surface area contributed by atoms with E-state index in [2.05, 4.69) is 10.1 Å². The predicted molar refractivity (Wildman–Crippen MR) is 107 cm³/mol. The van der Waals surface area contributed by atoms with Gasteiger partial charge in [-0.25, -0.2) is 4.79 Å². The Balaban J connectivity index is 1.25. The molecule has 1 aromatic heterocycles. The molecule has 4 rings (SSSR count). The largest absolute Gasteiger partial charge is 0.497 e. The van der Waals surface area contributed by atoms with E-state index in [1.807, 2.05) is 36.1 Å². The molecule has 2 aliphatic rings. The minimum atomic E-state index is -0.240. The van der Waals surface area contributed by atoms with E-state index in [0.29, 0.717) is 44.2 Å². The summed E-state index contributed by atoms with van der Waals surface area (Å²) >= 11 is 0. The Bertz CT molecular complexity index is 889. The maximum absolute atomic E-state index is 12.6. The lowest BCUT2D eigenvalue weighted by atomic mass is 10.0. The highest BCUT2D eigenvalue weighted by atomic mass is 16.6. The predicted octanol–water partition coefficient (Wildman–Crippen LogP) is 2.51. The maximum Gasteiger partial charge on any atom is 0.410 e. The molecule has 0 aliphatic carbocycles. The van der Waals surface area contributed by atoms with Gasteiger partial charge in [-0.05, 0) is 44.0 Å². The Hall–Kier alpha value is -3.10. The van der Waals surface area contributed by atoms with E-state index in [1.165, 1.54) is 0 Å². The summed E-state index contributed by atoms with van der Waals surface area (Å²) in [6, 6.07) is 7.54. The van der Waals surface area contributed by atoms with Crippen LogP contribution in [-0.2, 0) is 16.0 Å². The van der Waals surface area contributed by atoms with Gasteiger partial charge in [0.15, 0.2) is 0 Å². The topological polar surface area (TPSA) is 98.0 Å². The van der Waals surface area contributed by atoms with Gasteiger partial charge in [0.1, 0.15) is 11.9 Å². The number of nitrogens with zero attached hydrogens (tertiary/aromatic N) is 4. The molecule has 1 unspecified atom stereocenters. The van der Waals surface area contributed by atoms with Gasteiger partial charge < -0.3 is 23.8 Å². The molecule has 0 N–H and O–H groups in total. The average molecular weight is 414 g/mol. The molecule has 3 heterocycles. The van der Waals surface area contributed by atoms with Crippen molar-refractivity contribution in [3.8, 4) is 17.1 Å². The summed E-state index contributed by atoms with van der Waals surface area (Å²) < 4.78 is 15.7. The third-order valence-corrected chi connectivity index (χ3v) is 5.62. The van der Waals surface area contributed by atoms with E-state index in [4.69, 9.17) is 14.0 Å². The molecule has 2 saturated heterocycles. The van der Waals surface area contributed by atoms with Gasteiger partial charge in [-0.15, -0.1) is 0 Å². The number of carbonyl (C=O) groups excluding carboxylic acids is 2. The van der Waals surface area contributed by atoms with Crippen LogP contribution in [0.15, 0.2) is 28.8 Å². The zero-order valence-corrected chi connectivity index (χ0v) is 17.2. The third kappa shape index (κ3) is 4.39. The molecule has 30 heavy (non-hydrogen) atoms. The summed E-state index contributed by atoms with van der Waals surface area (Å²) in [4.78, 5) is 32.5. The second-order valence-corrected chi connectivity index (χ2v) is 7.70. The molecule has 2 amide bonds. The number of methoxy groups -OCH3 is 1. The molecule has 0 bridgehead atoms. The summed E-state index contributed by atoms with van der Waals surface area (Å²) in [6.07, 6.45) is 1.96. The van der Waals surface area contributed by atoms with Crippen LogP contribution in [0.25, 0.3) is 11.4 Å². The van der Waals surface area contributed by atoms with Crippen LogP contribution in [-0.4, -0.2) is 70.8 Å². The highest BCUT2D eigenvalue weighted by Crippen LogP contribution is 2.23. The van der Waals surface area contributed by atoms with E-state index in [0.717, 1.165) is 24.2 Å². The number of hydrogen-bond acceptors (Lipinski definition) is 7. The van der Waals surface area contributed by atoms with Crippen LogP contribution < -0.4 is 4.74 Å². The molecule has 2 aromatic rings. The lowest BCUT2D eigenvalue weighted by molar-refractivity contribution is -0.132. The second kappa shape index (κ2) is 8.73. The quantitative estimate of drug-likeness (QED) is 0.716. The van der Waals surface area contributed by atoms with Crippen molar-refractivity contribution in [1.82, 2.24) is 19.9 Å². The molecule has 0 radical (unpaired) electrons. The number of likely N-dealkylation sites (tertiary alicyclic amines) is 1. The molecular weight excluding hydrogens is 388 g/mol. The zero-order valence-electron chi connectivity index (χ0n) is 17.2. The molecule has 1 atom stereocenters. The molecule has 2 fully saturated rings. The first-order valence-corrected chi connectivity index (χ1v) is 10.3. The number of ether oxygens (including phenoxy) is 2. The number of piperidine rings is 1. The Morgan fingerprint density at radius 1 is 1.23 bits per heavy atom. The fraction of sp³-hybridized carbons (Fsp3) is 0.524. The monoisotopic (exact) mass is 414 g/mol. The number of benzene rings is 1. The molecule has 2 aliphatic heterocycles. The van der Waals surface area contributed by atoms with E-state index < -0.39 is 0 Å². The molecule has 9 nitrogen and oxygen atoms in total. The summed E-state index contributed by atoms with van der Waals surface area (Å²) in [6.45, 7) is 3.81. The molecule has 0 saturated carbocycles. The standard InChI is InChI=1S/C21H26N4O5/c1-14-13-25(21(27)29-14)16-9-11-24(12-10-16)19(26)8-7-18-22-20(23-30-18)15-3-5-17(28-2)6-4-15/h3-6,14,16H,7-13H2,1-2H3. The van der Waals surface area contributed by atoms with Crippen LogP contribution in [0.3, 0.4) is 0 Å². The van der Waals surface area contributed by atoms with Gasteiger partial charge >= 0.3 is 6.09 Å². The minimum absolute atomic E-state index is 0.0608. The molecule has 160 valence electrons. The molecular formula is C21H26N4O5. The van der Waals surface area contributed by atoms with E-state index in [9.17, 15) is 9.59 Å². The van der Waals surface area contributed by atoms with Gasteiger partial charge in [-0.2, -0.15) is 4.98 Å². The van der Waals surface area contributed by atoms with Gasteiger partial charge in [0, 0.05) is 37.5 Å². The van der Waals surface area contributed by atoms with Crippen LogP contribution in [0.4, 0.5) is 4.79 Å². The Morgan fingerprint density at radius 3 is 2.60 bits per heavy atom. The van der Waals surface area contributed by atoms with Crippen molar-refractivity contribution in [1.29, 1.82) is 0 Å². The van der Waals surface area contributed by atoms with Gasteiger partial charge in [-0.3, -0.25) is 4.79 Å². The van der Waals surface area contributed by atoms with Crippen molar-refractivity contribution < 1.29 is 23.6 Å². The number of amides is 2. The maximum atomic E-state index is 12.6. The summed E-state index contributed by atoms with van der Waals surface area (Å²) in [5, 5.41) is 4.00. The zero-order chi connectivity index (χ0) is 21.1. The van der Waals surface area contributed by atoms with Crippen LogP contribution in [0, 0.1) is 0 Å². The molecule has 1 aromatic carbocycles. The van der Waals surface area contributed by atoms with E-state index in [1.54, 1.807) is 12.0 Å². The lowest BCUT2D eigenvalue weighted by Crippen LogP contribution is -2.47. The van der Waals surface area contributed by atoms with Crippen molar-refractivity contribution in [2.45, 2.75) is 44.8 Å². The van der Waals surface area contributed by atoms with Crippen LogP contribution >= 0.6 is 0 Å². The first-order chi connectivity index (χ1) is 14.5. The fourth-order valence-electron chi connectivity index (χ4n) is 3.94. The minimum Gasteiger partial charge on any atom is -0.497 e. The molecule has 0 spiro atoms. The van der Waals surface area contributed by atoms with Crippen LogP contribution in [0.1, 0.15) is 32.1 Å². The SMILES string of the molecule is COc1ccc(-c2noc(CCC(=O)N3CCC(N4CC(C)OC4=O)CC3)n2)cc1. The second-order valence-electron chi connectivity index (χ2n) is 7.70. The van der Waals surface area contributed by atoms with Crippen molar-refractivity contribution in [2.24, 2.45) is 0 Å². The Kier molecular flexibility index (Phi) is 5.87. The number of rotatable bonds is 6. The first-order valence-electron chi connectivity index (χ1n) is 10.3. The summed E-state index contributed by atoms with van der Waals surface area (Å²) in [7, 11) is 1.61. The Labute approximate surface area is 174 Å². The van der Waals surface area contributed by atoms with Crippen molar-refractivity contribution in [3.05, 3.63) is 30.2 Å². The number of carbonyl (C=O) groups is 2. The van der Waals surface area contributed by atoms with E-state index in [-0.39, 0.29) is 24.1 Å². The Morgan fingerprint density at radius 2 is 1.97 bits per heavy atom. The molecule has 9 heteroatoms. The normalized spacial score (nSPS) is 19.8. The van der Waals surface area contributed by atoms with Gasteiger partial charge in [-0.1, -0.05) is 5.16 Å². The third-order valence-electron chi connectivity index (χ3n) is 5.62. The number of aromatic nitrogens is 2. The van der Waals surface area contributed by atoms with E-state index >= 15 is 0 Å². The summed E-state index contributed by atoms with van der Waals surface area (Å²) in [5.41, 5.74) is 0.828. The number of hydrogen-bond donors (Lipinski definition) is 0. The van der Waals surface area contributed by atoms with Crippen molar-refractivity contribution in [3.63, 3.8) is 0 Å². The van der Waals surface area contributed by atoms with Gasteiger partial charge in [0.2, 0.25) is 17.6 Å². The highest BCUT2D eigenvalue weighted by molar-refractivity contribution is 5.76. The van der Waals surface area contributed by atoms with Gasteiger partial charge in [0.25, 0.3) is 0 Å². The van der Waals surface area contributed by atoms with Gasteiger partial charge in [0.05, 0.1) is 13.7 Å². The fourth-order valence-corrected chi connectivity index (χ4v) is 3.94. The van der Waals surface area contributed by atoms with Crippen LogP contribution in [0.5, 0.6) is 5.75 Å². The van der Waals surface area contributed by atoms with Crippen molar-refractivity contribution >= 4 is 12.0 Å². The lowest BCUT2D eigenvalue weighted by Gasteiger charge is -2.35. The van der Waals surface area contributed by atoms with Crippen molar-refractivity contribution in [2.75, 3.05) is 26.7 Å².